The molecule has 1 aliphatic heterocycles. The molecule has 0 amide bonds. The quantitative estimate of drug-likeness (QED) is 0.388. The van der Waals surface area contributed by atoms with Gasteiger partial charge in [0.25, 0.3) is 0 Å². The highest BCUT2D eigenvalue weighted by Gasteiger charge is 2.27. The molecule has 0 saturated carbocycles. The van der Waals surface area contributed by atoms with E-state index in [1.165, 1.54) is 44.9 Å². The van der Waals surface area contributed by atoms with Gasteiger partial charge in [0.15, 0.2) is 0 Å². The highest BCUT2D eigenvalue weighted by molar-refractivity contribution is 7.47. The molecule has 0 bridgehead atoms. The number of hydrogen-bond donors (Lipinski definition) is 0. The third kappa shape index (κ3) is 6.14. The second-order valence-corrected chi connectivity index (χ2v) is 6.92. The lowest BCUT2D eigenvalue weighted by Gasteiger charge is -2.30. The first kappa shape index (κ1) is 16.8. The largest absolute Gasteiger partial charge is 0.323 e. The van der Waals surface area contributed by atoms with Crippen LogP contribution in [0.25, 0.3) is 0 Å². The third-order valence-electron chi connectivity index (χ3n) is 3.29. The van der Waals surface area contributed by atoms with Crippen LogP contribution in [0.2, 0.25) is 0 Å². The van der Waals surface area contributed by atoms with Gasteiger partial charge in [-0.15, -0.1) is 0 Å². The van der Waals surface area contributed by atoms with Gasteiger partial charge in [-0.2, -0.15) is 0 Å². The molecular weight excluding hydrogens is 255 g/mol. The molecule has 1 heterocycles. The van der Waals surface area contributed by atoms with Crippen LogP contribution < -0.4 is 0 Å². The average Bonchev–Trinajstić information content (AvgIpc) is 2.81. The van der Waals surface area contributed by atoms with Gasteiger partial charge in [-0.25, -0.2) is 0 Å². The Morgan fingerprint density at radius 1 is 0.789 bits per heavy atom. The van der Waals surface area contributed by atoms with Crippen LogP contribution in [0.5, 0.6) is 0 Å². The molecule has 0 aromatic carbocycles. The van der Waals surface area contributed by atoms with Crippen molar-refractivity contribution in [2.24, 2.45) is 0 Å². The van der Waals surface area contributed by atoms with Crippen molar-refractivity contribution in [1.29, 1.82) is 0 Å². The number of unbranched alkanes of at least 4 members (excludes halogenated alkanes) is 4. The Kier molecular flexibility index (Phi) is 9.28. The fourth-order valence-corrected chi connectivity index (χ4v) is 3.88. The van der Waals surface area contributed by atoms with E-state index in [0.717, 1.165) is 19.7 Å². The molecule has 3 nitrogen and oxygen atoms in total. The van der Waals surface area contributed by atoms with Crippen LogP contribution in [0.1, 0.15) is 65.7 Å². The molecule has 0 spiro atoms. The molecule has 1 rings (SSSR count). The first-order valence-corrected chi connectivity index (χ1v) is 9.14. The maximum Gasteiger partial charge on any atom is 0.247 e. The Morgan fingerprint density at radius 2 is 1.32 bits per heavy atom. The van der Waals surface area contributed by atoms with Crippen molar-refractivity contribution in [3.05, 3.63) is 12.4 Å². The van der Waals surface area contributed by atoms with Gasteiger partial charge in [-0.05, 0) is 19.3 Å². The van der Waals surface area contributed by atoms with Crippen LogP contribution in [0, 0.1) is 0 Å². The predicted molar refractivity (Wildman–Crippen MR) is 84.8 cm³/mol. The molecule has 0 aromatic heterocycles. The van der Waals surface area contributed by atoms with Crippen molar-refractivity contribution in [1.82, 2.24) is 9.34 Å². The fraction of sp³-hybridized carbons (Fsp3) is 0.867. The third-order valence-corrected chi connectivity index (χ3v) is 5.25. The minimum atomic E-state index is -0.556. The number of nitrogens with zero attached hydrogens (tertiary/aromatic N) is 2. The molecule has 19 heavy (non-hydrogen) atoms. The standard InChI is InChI=1S/C15H31N2OP/c1-4-7-10-15-18-19-16(11-8-5-2)13-14-17(19)12-9-6-3/h13-14H,4-12,15H2,1-3H3. The molecule has 0 saturated heterocycles. The van der Waals surface area contributed by atoms with Gasteiger partial charge in [0.2, 0.25) is 8.45 Å². The fourth-order valence-electron chi connectivity index (χ4n) is 2.02. The Hall–Kier alpha value is -0.270. The van der Waals surface area contributed by atoms with Crippen LogP contribution in [-0.2, 0) is 4.52 Å². The van der Waals surface area contributed by atoms with Crippen molar-refractivity contribution in [3.8, 4) is 0 Å². The maximum atomic E-state index is 6.18. The van der Waals surface area contributed by atoms with Crippen LogP contribution in [0.15, 0.2) is 12.4 Å². The minimum Gasteiger partial charge on any atom is -0.323 e. The van der Waals surface area contributed by atoms with Gasteiger partial charge in [-0.1, -0.05) is 46.5 Å². The summed E-state index contributed by atoms with van der Waals surface area (Å²) in [6.45, 7) is 9.91. The van der Waals surface area contributed by atoms with E-state index in [1.54, 1.807) is 0 Å². The monoisotopic (exact) mass is 286 g/mol. The summed E-state index contributed by atoms with van der Waals surface area (Å²) in [6, 6.07) is 0. The predicted octanol–water partition coefficient (Wildman–Crippen LogP) is 5.11. The van der Waals surface area contributed by atoms with Crippen molar-refractivity contribution in [2.75, 3.05) is 19.7 Å². The zero-order valence-electron chi connectivity index (χ0n) is 13.0. The summed E-state index contributed by atoms with van der Waals surface area (Å²) in [7, 11) is -0.556. The Bertz CT molecular complexity index is 230. The first-order valence-electron chi connectivity index (χ1n) is 7.97. The Balaban J connectivity index is 2.39. The molecule has 0 aliphatic carbocycles. The topological polar surface area (TPSA) is 15.7 Å². The molecule has 0 radical (unpaired) electrons. The summed E-state index contributed by atoms with van der Waals surface area (Å²) in [5.74, 6) is 0. The van der Waals surface area contributed by atoms with Gasteiger partial charge >= 0.3 is 0 Å². The molecule has 1 aliphatic rings. The number of hydrogen-bond acceptors (Lipinski definition) is 3. The van der Waals surface area contributed by atoms with E-state index in [1.807, 2.05) is 0 Å². The molecule has 4 heteroatoms. The van der Waals surface area contributed by atoms with E-state index < -0.39 is 8.45 Å². The second kappa shape index (κ2) is 10.5. The highest BCUT2D eigenvalue weighted by atomic mass is 31.2. The van der Waals surface area contributed by atoms with Crippen molar-refractivity contribution < 1.29 is 4.52 Å². The zero-order valence-corrected chi connectivity index (χ0v) is 13.9. The SMILES string of the molecule is CCCCCOP1N(CCCC)C=CN1CCCC. The van der Waals surface area contributed by atoms with E-state index in [4.69, 9.17) is 4.52 Å². The maximum absolute atomic E-state index is 6.18. The molecule has 112 valence electrons. The summed E-state index contributed by atoms with van der Waals surface area (Å²) in [5, 5.41) is 0. The smallest absolute Gasteiger partial charge is 0.247 e. The van der Waals surface area contributed by atoms with Crippen molar-refractivity contribution in [3.63, 3.8) is 0 Å². The Morgan fingerprint density at radius 3 is 1.79 bits per heavy atom. The summed E-state index contributed by atoms with van der Waals surface area (Å²) in [6.07, 6.45) is 13.2. The molecule has 0 fully saturated rings. The van der Waals surface area contributed by atoms with E-state index in [2.05, 4.69) is 42.5 Å². The molecule has 0 atom stereocenters. The van der Waals surface area contributed by atoms with Crippen LogP contribution >= 0.6 is 8.45 Å². The summed E-state index contributed by atoms with van der Waals surface area (Å²) >= 11 is 0. The molecular formula is C15H31N2OP. The molecule has 0 unspecified atom stereocenters. The van der Waals surface area contributed by atoms with Gasteiger partial charge in [0, 0.05) is 25.5 Å². The molecule has 0 aromatic rings. The average molecular weight is 286 g/mol. The van der Waals surface area contributed by atoms with Crippen molar-refractivity contribution in [2.45, 2.75) is 65.7 Å². The van der Waals surface area contributed by atoms with E-state index >= 15 is 0 Å². The Labute approximate surface area is 120 Å². The molecule has 0 N–H and O–H groups in total. The normalized spacial score (nSPS) is 15.7. The van der Waals surface area contributed by atoms with Gasteiger partial charge < -0.3 is 13.9 Å². The van der Waals surface area contributed by atoms with Gasteiger partial charge in [0.05, 0.1) is 6.61 Å². The lowest BCUT2D eigenvalue weighted by molar-refractivity contribution is 0.291. The van der Waals surface area contributed by atoms with Crippen LogP contribution in [0.4, 0.5) is 0 Å². The van der Waals surface area contributed by atoms with E-state index in [9.17, 15) is 0 Å². The zero-order chi connectivity index (χ0) is 13.9. The summed E-state index contributed by atoms with van der Waals surface area (Å²) < 4.78 is 11.0. The summed E-state index contributed by atoms with van der Waals surface area (Å²) in [4.78, 5) is 0. The van der Waals surface area contributed by atoms with Gasteiger partial charge in [-0.3, -0.25) is 0 Å². The lowest BCUT2D eigenvalue weighted by atomic mass is 10.3. The van der Waals surface area contributed by atoms with Crippen LogP contribution in [-0.4, -0.2) is 29.0 Å². The van der Waals surface area contributed by atoms with Crippen LogP contribution in [0.3, 0.4) is 0 Å². The van der Waals surface area contributed by atoms with Crippen molar-refractivity contribution >= 4 is 8.45 Å². The highest BCUT2D eigenvalue weighted by Crippen LogP contribution is 2.50. The summed E-state index contributed by atoms with van der Waals surface area (Å²) in [5.41, 5.74) is 0. The van der Waals surface area contributed by atoms with Gasteiger partial charge in [0.1, 0.15) is 0 Å². The first-order chi connectivity index (χ1) is 9.33. The van der Waals surface area contributed by atoms with E-state index in [-0.39, 0.29) is 0 Å². The lowest BCUT2D eigenvalue weighted by Crippen LogP contribution is -2.19. The number of rotatable bonds is 11. The van der Waals surface area contributed by atoms with E-state index in [0.29, 0.717) is 0 Å². The second-order valence-electron chi connectivity index (χ2n) is 5.12. The minimum absolute atomic E-state index is 0.556.